The number of nitrogens with two attached hydrogens (primary N) is 2. The lowest BCUT2D eigenvalue weighted by molar-refractivity contribution is -0.143. The van der Waals surface area contributed by atoms with Crippen LogP contribution in [0.2, 0.25) is 0 Å². The molecule has 16 N–H and O–H groups in total. The molecule has 0 aromatic heterocycles. The third-order valence-corrected chi connectivity index (χ3v) is 11.4. The number of carboxylic acid groups (broad SMARTS) is 2. The first-order chi connectivity index (χ1) is 33.9. The van der Waals surface area contributed by atoms with E-state index in [-0.39, 0.29) is 49.2 Å². The third kappa shape index (κ3) is 23.5. The second-order valence-corrected chi connectivity index (χ2v) is 19.6. The van der Waals surface area contributed by atoms with E-state index in [1.165, 1.54) is 38.1 Å². The van der Waals surface area contributed by atoms with Crippen molar-refractivity contribution in [2.45, 2.75) is 175 Å². The van der Waals surface area contributed by atoms with Crippen molar-refractivity contribution >= 4 is 65.1 Å². The molecular formula is C48H78N10O15. The van der Waals surface area contributed by atoms with Crippen LogP contribution in [0.15, 0.2) is 24.3 Å². The highest BCUT2D eigenvalue weighted by Gasteiger charge is 2.37. The van der Waals surface area contributed by atoms with E-state index in [1.54, 1.807) is 55.4 Å². The number of aromatic hydroxyl groups is 1. The van der Waals surface area contributed by atoms with Gasteiger partial charge in [-0.15, -0.1) is 0 Å². The van der Waals surface area contributed by atoms with Crippen LogP contribution in [-0.4, -0.2) is 146 Å². The summed E-state index contributed by atoms with van der Waals surface area (Å²) < 4.78 is 0. The fraction of sp³-hybridized carbons (Fsp3) is 0.646. The minimum Gasteiger partial charge on any atom is -0.508 e. The Morgan fingerprint density at radius 3 is 1.38 bits per heavy atom. The summed E-state index contributed by atoms with van der Waals surface area (Å²) >= 11 is 0. The summed E-state index contributed by atoms with van der Waals surface area (Å²) in [5.74, 6) is -12.5. The molecule has 1 aromatic carbocycles. The van der Waals surface area contributed by atoms with Crippen LogP contribution in [0, 0.1) is 23.7 Å². The molecule has 1 rings (SSSR count). The van der Waals surface area contributed by atoms with Gasteiger partial charge in [0.05, 0.1) is 25.0 Å². The molecule has 0 unspecified atom stereocenters. The van der Waals surface area contributed by atoms with Crippen molar-refractivity contribution in [2.24, 2.45) is 35.1 Å². The Morgan fingerprint density at radius 2 is 0.918 bits per heavy atom. The van der Waals surface area contributed by atoms with Crippen LogP contribution >= 0.6 is 0 Å². The monoisotopic (exact) mass is 1030 g/mol. The minimum atomic E-state index is -1.70. The molecule has 73 heavy (non-hydrogen) atoms. The van der Waals surface area contributed by atoms with Gasteiger partial charge in [0.25, 0.3) is 0 Å². The van der Waals surface area contributed by atoms with Crippen molar-refractivity contribution in [1.29, 1.82) is 0 Å². The molecule has 25 heteroatoms. The number of carbonyl (C=O) groups excluding carboxylic acids is 9. The van der Waals surface area contributed by atoms with Gasteiger partial charge in [0.1, 0.15) is 54.1 Å². The number of phenolic OH excluding ortho intramolecular Hbond substituents is 1. The topological polar surface area (TPSA) is 417 Å². The predicted molar refractivity (Wildman–Crippen MR) is 264 cm³/mol. The summed E-state index contributed by atoms with van der Waals surface area (Å²) in [4.78, 5) is 144. The second-order valence-electron chi connectivity index (χ2n) is 19.6. The van der Waals surface area contributed by atoms with E-state index >= 15 is 0 Å². The number of aliphatic hydroxyl groups is 1. The molecule has 0 bridgehead atoms. The smallest absolute Gasteiger partial charge is 0.326 e. The number of hydrogen-bond acceptors (Lipinski definition) is 14. The van der Waals surface area contributed by atoms with Gasteiger partial charge in [-0.25, -0.2) is 4.79 Å². The molecule has 1 aromatic rings. The Hall–Kier alpha value is -6.89. The molecule has 0 radical (unpaired) electrons. The maximum absolute atomic E-state index is 14.2. The van der Waals surface area contributed by atoms with Gasteiger partial charge in [0.15, 0.2) is 0 Å². The first kappa shape index (κ1) is 64.1. The number of primary amides is 1. The van der Waals surface area contributed by atoms with Gasteiger partial charge in [-0.1, -0.05) is 73.9 Å². The van der Waals surface area contributed by atoms with Crippen LogP contribution < -0.4 is 54.0 Å². The van der Waals surface area contributed by atoms with Crippen LogP contribution in [0.5, 0.6) is 5.75 Å². The van der Waals surface area contributed by atoms with E-state index in [9.17, 15) is 68.1 Å². The molecule has 9 amide bonds. The van der Waals surface area contributed by atoms with E-state index in [2.05, 4.69) is 42.5 Å². The Labute approximate surface area is 425 Å². The highest BCUT2D eigenvalue weighted by atomic mass is 16.4. The molecule has 0 aliphatic heterocycles. The second kappa shape index (κ2) is 30.9. The van der Waals surface area contributed by atoms with E-state index in [1.807, 2.05) is 0 Å². The number of rotatable bonds is 32. The van der Waals surface area contributed by atoms with Crippen LogP contribution in [0.25, 0.3) is 0 Å². The Morgan fingerprint density at radius 1 is 0.507 bits per heavy atom. The number of hydrogen-bond donors (Lipinski definition) is 14. The molecule has 0 aliphatic carbocycles. The Kier molecular flexibility index (Phi) is 27.1. The molecule has 0 heterocycles. The largest absolute Gasteiger partial charge is 0.508 e. The molecule has 25 nitrogen and oxygen atoms in total. The zero-order valence-electron chi connectivity index (χ0n) is 43.3. The van der Waals surface area contributed by atoms with E-state index < -0.39 is 144 Å². The summed E-state index contributed by atoms with van der Waals surface area (Å²) in [5.41, 5.74) is 11.5. The van der Waals surface area contributed by atoms with Crippen molar-refractivity contribution in [3.63, 3.8) is 0 Å². The van der Waals surface area contributed by atoms with E-state index in [0.29, 0.717) is 12.0 Å². The minimum absolute atomic E-state index is 0.0258. The van der Waals surface area contributed by atoms with Crippen LogP contribution in [0.3, 0.4) is 0 Å². The zero-order valence-corrected chi connectivity index (χ0v) is 43.3. The highest BCUT2D eigenvalue weighted by Crippen LogP contribution is 2.15. The van der Waals surface area contributed by atoms with Crippen molar-refractivity contribution in [1.82, 2.24) is 42.5 Å². The van der Waals surface area contributed by atoms with Gasteiger partial charge in [-0.3, -0.25) is 47.9 Å². The van der Waals surface area contributed by atoms with Crippen molar-refractivity contribution < 1.29 is 73.2 Å². The lowest BCUT2D eigenvalue weighted by atomic mass is 9.97. The van der Waals surface area contributed by atoms with E-state index in [4.69, 9.17) is 16.6 Å². The van der Waals surface area contributed by atoms with Crippen molar-refractivity contribution in [3.05, 3.63) is 29.8 Å². The van der Waals surface area contributed by atoms with Gasteiger partial charge in [0.2, 0.25) is 53.2 Å². The zero-order chi connectivity index (χ0) is 56.0. The standard InChI is InChI=1S/C48H78N10O15/c1-11-25(8)38(46(70)55-34(21-36(50)61)44(68)56-35(48(72)73)18-24(6)7)57-40(64)26(9)51-42(66)33(19-28-12-14-29(60)15-13-28)53-43(67)31(16-22(2)3)54-47(71)39(27(10)59)58-45(69)32(17-23(4)5)52-41(65)30(49)20-37(62)63/h12-15,22-27,30-35,38-39,59-60H,11,16-21,49H2,1-10H3,(H2,50,61)(H,51,66)(H,52,65)(H,53,67)(H,54,71)(H,55,70)(H,56,68)(H,57,64)(H,58,69)(H,62,63)(H,72,73)/t25-,26-,27+,30-,31-,32-,33-,34-,35-,38-,39-/m0/s1. The molecule has 0 spiro atoms. The van der Waals surface area contributed by atoms with Crippen LogP contribution in [0.4, 0.5) is 0 Å². The van der Waals surface area contributed by atoms with Crippen LogP contribution in [0.1, 0.15) is 113 Å². The summed E-state index contributed by atoms with van der Waals surface area (Å²) in [6.45, 7) is 16.2. The average molecular weight is 1040 g/mol. The first-order valence-electron chi connectivity index (χ1n) is 24.2. The number of amides is 9. The summed E-state index contributed by atoms with van der Waals surface area (Å²) in [7, 11) is 0. The molecule has 0 aliphatic rings. The van der Waals surface area contributed by atoms with Crippen LogP contribution in [-0.2, 0) is 59.2 Å². The summed E-state index contributed by atoms with van der Waals surface area (Å²) in [6, 6.07) is -7.49. The lowest BCUT2D eigenvalue weighted by Crippen LogP contribution is -2.62. The van der Waals surface area contributed by atoms with Gasteiger partial charge in [0, 0.05) is 6.42 Å². The predicted octanol–water partition coefficient (Wildman–Crippen LogP) is -1.84. The Balaban J connectivity index is 3.46. The number of carbonyl (C=O) groups is 11. The highest BCUT2D eigenvalue weighted by molar-refractivity contribution is 5.99. The molecule has 11 atom stereocenters. The van der Waals surface area contributed by atoms with Gasteiger partial charge < -0.3 is 74.4 Å². The maximum Gasteiger partial charge on any atom is 0.326 e. The van der Waals surface area contributed by atoms with Gasteiger partial charge in [-0.05, 0) is 74.5 Å². The number of phenols is 1. The number of carboxylic acids is 2. The molecule has 410 valence electrons. The number of aliphatic carboxylic acids is 2. The quantitative estimate of drug-likeness (QED) is 0.0377. The van der Waals surface area contributed by atoms with Gasteiger partial charge in [-0.2, -0.15) is 0 Å². The third-order valence-electron chi connectivity index (χ3n) is 11.4. The fourth-order valence-electron chi connectivity index (χ4n) is 7.23. The molecule has 0 saturated heterocycles. The first-order valence-corrected chi connectivity index (χ1v) is 24.2. The lowest BCUT2D eigenvalue weighted by Gasteiger charge is -2.29. The maximum atomic E-state index is 14.2. The van der Waals surface area contributed by atoms with Crippen molar-refractivity contribution in [2.75, 3.05) is 0 Å². The Bertz CT molecular complexity index is 2080. The summed E-state index contributed by atoms with van der Waals surface area (Å²) in [6.07, 6.45) is -2.88. The molecular weight excluding hydrogens is 957 g/mol. The fourth-order valence-corrected chi connectivity index (χ4v) is 7.23. The normalized spacial score (nSPS) is 15.8. The van der Waals surface area contributed by atoms with Gasteiger partial charge >= 0.3 is 11.9 Å². The molecule has 0 fully saturated rings. The van der Waals surface area contributed by atoms with Crippen molar-refractivity contribution in [3.8, 4) is 5.75 Å². The number of benzene rings is 1. The number of nitrogens with one attached hydrogen (secondary N) is 8. The summed E-state index contributed by atoms with van der Waals surface area (Å²) in [5, 5.41) is 59.0. The van der Waals surface area contributed by atoms with E-state index in [0.717, 1.165) is 0 Å². The number of aliphatic hydroxyl groups excluding tert-OH is 1. The average Bonchev–Trinajstić information content (AvgIpc) is 3.27. The SMILES string of the molecule is CC[C@H](C)[C@H](NC(=O)[C@H](C)NC(=O)[C@H](Cc1ccc(O)cc1)NC(=O)[C@H](CC(C)C)NC(=O)[C@@H](NC(=O)[C@H](CC(C)C)NC(=O)[C@@H](N)CC(=O)O)[C@@H](C)O)C(=O)N[C@@H](CC(N)=O)C(=O)N[C@@H](CC(C)C)C(=O)O. The molecule has 0 saturated carbocycles.